The molecule has 1 saturated heterocycles. The lowest BCUT2D eigenvalue weighted by atomic mass is 10.1. The van der Waals surface area contributed by atoms with Gasteiger partial charge in [0.15, 0.2) is 0 Å². The zero-order valence-corrected chi connectivity index (χ0v) is 17.7. The van der Waals surface area contributed by atoms with Gasteiger partial charge in [0.1, 0.15) is 5.82 Å². The lowest BCUT2D eigenvalue weighted by Crippen LogP contribution is -2.46. The van der Waals surface area contributed by atoms with Gasteiger partial charge in [-0.05, 0) is 31.2 Å². The summed E-state index contributed by atoms with van der Waals surface area (Å²) in [5, 5.41) is 11.7. The van der Waals surface area contributed by atoms with Crippen molar-refractivity contribution in [3.05, 3.63) is 40.4 Å². The van der Waals surface area contributed by atoms with Crippen molar-refractivity contribution >= 4 is 22.4 Å². The van der Waals surface area contributed by atoms with Gasteiger partial charge in [-0.1, -0.05) is 51.9 Å². The van der Waals surface area contributed by atoms with E-state index in [1.54, 1.807) is 12.1 Å². The van der Waals surface area contributed by atoms with E-state index in [-0.39, 0.29) is 10.6 Å². The molecule has 0 atom stereocenters. The molecule has 158 valence electrons. The molecule has 0 unspecified atom stereocenters. The Morgan fingerprint density at radius 1 is 0.931 bits per heavy atom. The van der Waals surface area contributed by atoms with Gasteiger partial charge in [0.25, 0.3) is 5.69 Å². The first kappa shape index (κ1) is 21.5. The van der Waals surface area contributed by atoms with E-state index in [1.165, 1.54) is 64.0 Å². The number of aromatic nitrogens is 1. The van der Waals surface area contributed by atoms with Crippen molar-refractivity contribution < 1.29 is 4.92 Å². The quantitative estimate of drug-likeness (QED) is 0.288. The number of anilines is 1. The van der Waals surface area contributed by atoms with Crippen molar-refractivity contribution in [2.24, 2.45) is 0 Å². The summed E-state index contributed by atoms with van der Waals surface area (Å²) in [7, 11) is 0. The first-order chi connectivity index (χ1) is 14.2. The molecular formula is C23H34N4O2. The van der Waals surface area contributed by atoms with Gasteiger partial charge in [-0.2, -0.15) is 0 Å². The number of nitro groups is 1. The van der Waals surface area contributed by atoms with Gasteiger partial charge < -0.3 is 4.90 Å². The third-order valence-corrected chi connectivity index (χ3v) is 5.89. The third kappa shape index (κ3) is 6.39. The Bertz CT molecular complexity index is 788. The smallest absolute Gasteiger partial charge is 0.270 e. The monoisotopic (exact) mass is 398 g/mol. The molecule has 0 radical (unpaired) electrons. The normalized spacial score (nSPS) is 15.1. The zero-order chi connectivity index (χ0) is 20.5. The lowest BCUT2D eigenvalue weighted by Gasteiger charge is -2.35. The molecular weight excluding hydrogens is 364 g/mol. The van der Waals surface area contributed by atoms with E-state index in [1.807, 2.05) is 12.1 Å². The van der Waals surface area contributed by atoms with Crippen LogP contribution in [0.25, 0.3) is 10.9 Å². The van der Waals surface area contributed by atoms with Crippen molar-refractivity contribution in [3.63, 3.8) is 0 Å². The van der Waals surface area contributed by atoms with Crippen molar-refractivity contribution in [3.8, 4) is 0 Å². The van der Waals surface area contributed by atoms with E-state index < -0.39 is 0 Å². The van der Waals surface area contributed by atoms with Crippen LogP contribution in [0.4, 0.5) is 11.5 Å². The van der Waals surface area contributed by atoms with Crippen molar-refractivity contribution in [1.82, 2.24) is 9.88 Å². The van der Waals surface area contributed by atoms with Gasteiger partial charge in [0.2, 0.25) is 0 Å². The molecule has 1 aromatic heterocycles. The van der Waals surface area contributed by atoms with Crippen LogP contribution in [0.1, 0.15) is 58.3 Å². The van der Waals surface area contributed by atoms with Gasteiger partial charge in [0.05, 0.1) is 10.4 Å². The molecule has 1 fully saturated rings. The molecule has 2 heterocycles. The summed E-state index contributed by atoms with van der Waals surface area (Å²) >= 11 is 0. The first-order valence-corrected chi connectivity index (χ1v) is 11.2. The molecule has 0 aliphatic carbocycles. The molecule has 0 spiro atoms. The van der Waals surface area contributed by atoms with E-state index in [4.69, 9.17) is 4.98 Å². The van der Waals surface area contributed by atoms with Gasteiger partial charge in [-0.25, -0.2) is 4.98 Å². The Kier molecular flexibility index (Phi) is 8.23. The topological polar surface area (TPSA) is 62.5 Å². The number of unbranched alkanes of at least 4 members (excludes halogenated alkanes) is 7. The second kappa shape index (κ2) is 11.1. The Hall–Kier alpha value is -2.21. The van der Waals surface area contributed by atoms with Crippen molar-refractivity contribution in [2.45, 2.75) is 58.3 Å². The number of benzene rings is 1. The number of fused-ring (bicyclic) bond motifs is 1. The second-order valence-corrected chi connectivity index (χ2v) is 8.11. The first-order valence-electron chi connectivity index (χ1n) is 11.2. The Labute approximate surface area is 174 Å². The number of nitrogens with zero attached hydrogens (tertiary/aromatic N) is 4. The fourth-order valence-corrected chi connectivity index (χ4v) is 4.06. The van der Waals surface area contributed by atoms with Crippen LogP contribution < -0.4 is 4.90 Å². The number of piperazine rings is 1. The second-order valence-electron chi connectivity index (χ2n) is 8.11. The standard InChI is InChI=1S/C23H34N4O2/c1-2-3-4-5-6-7-8-9-14-25-15-17-26(18-16-25)23-13-10-20-19-21(27(28)29)11-12-22(20)24-23/h10-13,19H,2-9,14-18H2,1H3. The number of non-ortho nitro benzene ring substituents is 1. The van der Waals surface area contributed by atoms with E-state index in [0.29, 0.717) is 0 Å². The number of hydrogen-bond donors (Lipinski definition) is 0. The fraction of sp³-hybridized carbons (Fsp3) is 0.609. The maximum absolute atomic E-state index is 10.9. The highest BCUT2D eigenvalue weighted by molar-refractivity contribution is 5.82. The van der Waals surface area contributed by atoms with Crippen LogP contribution in [0.2, 0.25) is 0 Å². The predicted molar refractivity (Wildman–Crippen MR) is 120 cm³/mol. The van der Waals surface area contributed by atoms with E-state index in [2.05, 4.69) is 16.7 Å². The van der Waals surface area contributed by atoms with Crippen LogP contribution in [0.15, 0.2) is 30.3 Å². The highest BCUT2D eigenvalue weighted by Crippen LogP contribution is 2.23. The lowest BCUT2D eigenvalue weighted by molar-refractivity contribution is -0.384. The molecule has 1 aliphatic heterocycles. The minimum absolute atomic E-state index is 0.113. The van der Waals surface area contributed by atoms with Crippen LogP contribution in [0.3, 0.4) is 0 Å². The van der Waals surface area contributed by atoms with Crippen molar-refractivity contribution in [2.75, 3.05) is 37.6 Å². The summed E-state index contributed by atoms with van der Waals surface area (Å²) in [5.41, 5.74) is 0.927. The van der Waals surface area contributed by atoms with Crippen LogP contribution >= 0.6 is 0 Å². The van der Waals surface area contributed by atoms with E-state index in [9.17, 15) is 10.1 Å². The molecule has 0 N–H and O–H groups in total. The van der Waals surface area contributed by atoms with E-state index in [0.717, 1.165) is 42.9 Å². The predicted octanol–water partition coefficient (Wildman–Crippen LogP) is 5.41. The van der Waals surface area contributed by atoms with Crippen LogP contribution in [0.5, 0.6) is 0 Å². The molecule has 3 rings (SSSR count). The Morgan fingerprint density at radius 3 is 2.31 bits per heavy atom. The SMILES string of the molecule is CCCCCCCCCCN1CCN(c2ccc3cc([N+](=O)[O-])ccc3n2)CC1. The number of hydrogen-bond acceptors (Lipinski definition) is 5. The fourth-order valence-electron chi connectivity index (χ4n) is 4.06. The summed E-state index contributed by atoms with van der Waals surface area (Å²) in [6, 6.07) is 8.79. The van der Waals surface area contributed by atoms with Crippen LogP contribution in [0, 0.1) is 10.1 Å². The Morgan fingerprint density at radius 2 is 1.62 bits per heavy atom. The van der Waals surface area contributed by atoms with Crippen LogP contribution in [-0.2, 0) is 0 Å². The highest BCUT2D eigenvalue weighted by atomic mass is 16.6. The molecule has 6 nitrogen and oxygen atoms in total. The maximum atomic E-state index is 10.9. The van der Waals surface area contributed by atoms with Gasteiger partial charge in [0, 0.05) is 43.7 Å². The molecule has 1 aromatic carbocycles. The molecule has 6 heteroatoms. The zero-order valence-electron chi connectivity index (χ0n) is 17.7. The number of pyridine rings is 1. The summed E-state index contributed by atoms with van der Waals surface area (Å²) in [4.78, 5) is 20.2. The third-order valence-electron chi connectivity index (χ3n) is 5.89. The molecule has 0 bridgehead atoms. The minimum Gasteiger partial charge on any atom is -0.354 e. The molecule has 0 amide bonds. The minimum atomic E-state index is -0.362. The summed E-state index contributed by atoms with van der Waals surface area (Å²) < 4.78 is 0. The summed E-state index contributed by atoms with van der Waals surface area (Å²) in [6.45, 7) is 7.61. The molecule has 0 saturated carbocycles. The van der Waals surface area contributed by atoms with Gasteiger partial charge in [-0.3, -0.25) is 15.0 Å². The summed E-state index contributed by atoms with van der Waals surface area (Å²) in [6.07, 6.45) is 10.9. The summed E-state index contributed by atoms with van der Waals surface area (Å²) in [5.74, 6) is 0.970. The number of rotatable bonds is 11. The average molecular weight is 399 g/mol. The average Bonchev–Trinajstić information content (AvgIpc) is 2.75. The maximum Gasteiger partial charge on any atom is 0.270 e. The largest absolute Gasteiger partial charge is 0.354 e. The Balaban J connectivity index is 1.40. The highest BCUT2D eigenvalue weighted by Gasteiger charge is 2.18. The molecule has 29 heavy (non-hydrogen) atoms. The molecule has 2 aromatic rings. The van der Waals surface area contributed by atoms with Gasteiger partial charge in [-0.15, -0.1) is 0 Å². The van der Waals surface area contributed by atoms with Gasteiger partial charge >= 0.3 is 0 Å². The van der Waals surface area contributed by atoms with Crippen molar-refractivity contribution in [1.29, 1.82) is 0 Å². The number of nitro benzene ring substituents is 1. The van der Waals surface area contributed by atoms with Crippen LogP contribution in [-0.4, -0.2) is 47.5 Å². The van der Waals surface area contributed by atoms with E-state index >= 15 is 0 Å². The molecule has 1 aliphatic rings.